The van der Waals surface area contributed by atoms with E-state index in [1.165, 1.54) is 19.3 Å². The minimum Gasteiger partial charge on any atom is -0.493 e. The van der Waals surface area contributed by atoms with Crippen LogP contribution in [0, 0.1) is 11.8 Å². The molecule has 0 atom stereocenters. The minimum atomic E-state index is 0.398. The van der Waals surface area contributed by atoms with E-state index in [0.717, 1.165) is 29.4 Å². The van der Waals surface area contributed by atoms with E-state index in [-0.39, 0.29) is 0 Å². The number of nitrogens with zero attached hydrogens (tertiary/aromatic N) is 3. The highest BCUT2D eigenvalue weighted by molar-refractivity contribution is 7.99. The summed E-state index contributed by atoms with van der Waals surface area (Å²) in [6, 6.07) is 4.27. The van der Waals surface area contributed by atoms with E-state index < -0.39 is 0 Å². The van der Waals surface area contributed by atoms with Crippen LogP contribution in [-0.2, 0) is 0 Å². The standard InChI is InChI=1S/C21H27N3O3S/c1-5-6-12-28-21-23-22-20(24(21)16-10-8-7-9-11-16)15-13-17(25-2)19(27-4)18(14-15)26-3/h13-14,16H,7-12H2,1-4H3. The van der Waals surface area contributed by atoms with Crippen molar-refractivity contribution in [3.05, 3.63) is 12.1 Å². The summed E-state index contributed by atoms with van der Waals surface area (Å²) >= 11 is 1.64. The van der Waals surface area contributed by atoms with Gasteiger partial charge < -0.3 is 14.2 Å². The number of rotatable bonds is 7. The lowest BCUT2D eigenvalue weighted by Crippen LogP contribution is -2.15. The van der Waals surface area contributed by atoms with Gasteiger partial charge in [-0.2, -0.15) is 0 Å². The summed E-state index contributed by atoms with van der Waals surface area (Å²) in [5, 5.41) is 9.94. The second-order valence-corrected chi connectivity index (χ2v) is 7.54. The number of methoxy groups -OCH3 is 3. The lowest BCUT2D eigenvalue weighted by atomic mass is 9.95. The summed E-state index contributed by atoms with van der Waals surface area (Å²) in [4.78, 5) is 0. The Kier molecular flexibility index (Phi) is 7.10. The van der Waals surface area contributed by atoms with Crippen molar-refractivity contribution in [2.45, 2.75) is 50.2 Å². The number of hydrogen-bond acceptors (Lipinski definition) is 6. The fourth-order valence-corrected chi connectivity index (χ4v) is 4.44. The molecule has 0 unspecified atom stereocenters. The third-order valence-corrected chi connectivity index (χ3v) is 5.80. The molecule has 1 fully saturated rings. The lowest BCUT2D eigenvalue weighted by molar-refractivity contribution is 0.324. The number of aromatic nitrogens is 3. The van der Waals surface area contributed by atoms with Gasteiger partial charge >= 0.3 is 0 Å². The SMILES string of the molecule is CC#CCSc1nnc(-c2cc(OC)c(OC)c(OC)c2)n1C1CCCCC1. The van der Waals surface area contributed by atoms with Gasteiger partial charge in [0.2, 0.25) is 5.75 Å². The third-order valence-electron chi connectivity index (χ3n) is 4.98. The number of thioether (sulfide) groups is 1. The normalized spacial score (nSPS) is 14.3. The van der Waals surface area contributed by atoms with Crippen LogP contribution in [0.25, 0.3) is 11.4 Å². The summed E-state index contributed by atoms with van der Waals surface area (Å²) in [5.41, 5.74) is 0.904. The Morgan fingerprint density at radius 1 is 1.04 bits per heavy atom. The maximum absolute atomic E-state index is 5.53. The van der Waals surface area contributed by atoms with Crippen LogP contribution < -0.4 is 14.2 Å². The minimum absolute atomic E-state index is 0.398. The number of hydrogen-bond donors (Lipinski definition) is 0. The van der Waals surface area contributed by atoms with Gasteiger partial charge in [-0.25, -0.2) is 0 Å². The van der Waals surface area contributed by atoms with Crippen molar-refractivity contribution >= 4 is 11.8 Å². The molecule has 1 aromatic heterocycles. The largest absolute Gasteiger partial charge is 0.493 e. The summed E-state index contributed by atoms with van der Waals surface area (Å²) in [5.74, 6) is 9.38. The molecule has 1 aromatic carbocycles. The van der Waals surface area contributed by atoms with Crippen LogP contribution in [0.15, 0.2) is 17.3 Å². The second-order valence-electron chi connectivity index (χ2n) is 6.60. The first-order chi connectivity index (χ1) is 13.7. The van der Waals surface area contributed by atoms with Crippen LogP contribution in [0.5, 0.6) is 17.2 Å². The molecule has 0 N–H and O–H groups in total. The van der Waals surface area contributed by atoms with Gasteiger partial charge in [-0.15, -0.1) is 16.1 Å². The fraction of sp³-hybridized carbons (Fsp3) is 0.524. The van der Waals surface area contributed by atoms with Crippen LogP contribution in [0.1, 0.15) is 45.1 Å². The maximum atomic E-state index is 5.53. The Balaban J connectivity index is 2.08. The van der Waals surface area contributed by atoms with Crippen LogP contribution >= 0.6 is 11.8 Å². The summed E-state index contributed by atoms with van der Waals surface area (Å²) < 4.78 is 18.8. The third kappa shape index (κ3) is 4.22. The van der Waals surface area contributed by atoms with E-state index in [1.54, 1.807) is 33.1 Å². The fourth-order valence-electron chi connectivity index (χ4n) is 3.62. The smallest absolute Gasteiger partial charge is 0.203 e. The molecule has 1 aliphatic rings. The highest BCUT2D eigenvalue weighted by Gasteiger charge is 2.25. The Morgan fingerprint density at radius 2 is 1.71 bits per heavy atom. The zero-order valence-corrected chi connectivity index (χ0v) is 17.8. The quantitative estimate of drug-likeness (QED) is 0.499. The van der Waals surface area contributed by atoms with Gasteiger partial charge in [-0.05, 0) is 31.9 Å². The van der Waals surface area contributed by atoms with Crippen molar-refractivity contribution in [1.29, 1.82) is 0 Å². The van der Waals surface area contributed by atoms with E-state index in [1.807, 2.05) is 19.1 Å². The molecule has 28 heavy (non-hydrogen) atoms. The van der Waals surface area contributed by atoms with Crippen molar-refractivity contribution in [3.63, 3.8) is 0 Å². The first-order valence-electron chi connectivity index (χ1n) is 9.51. The van der Waals surface area contributed by atoms with Crippen LogP contribution in [0.3, 0.4) is 0 Å². The average molecular weight is 402 g/mol. The molecule has 150 valence electrons. The van der Waals surface area contributed by atoms with Gasteiger partial charge in [0.25, 0.3) is 0 Å². The molecular weight excluding hydrogens is 374 g/mol. The number of benzene rings is 1. The second kappa shape index (κ2) is 9.74. The van der Waals surface area contributed by atoms with Gasteiger partial charge in [0.1, 0.15) is 0 Å². The van der Waals surface area contributed by atoms with Gasteiger partial charge in [-0.3, -0.25) is 4.57 Å². The molecule has 2 aromatic rings. The first kappa shape index (κ1) is 20.4. The van der Waals surface area contributed by atoms with Crippen LogP contribution in [0.2, 0.25) is 0 Å². The van der Waals surface area contributed by atoms with E-state index in [9.17, 15) is 0 Å². The molecule has 0 amide bonds. The molecule has 1 heterocycles. The highest BCUT2D eigenvalue weighted by atomic mass is 32.2. The molecule has 0 aliphatic heterocycles. The average Bonchev–Trinajstić information content (AvgIpc) is 3.17. The molecule has 0 saturated heterocycles. The number of ether oxygens (including phenoxy) is 3. The maximum Gasteiger partial charge on any atom is 0.203 e. The van der Waals surface area contributed by atoms with Crippen molar-refractivity contribution < 1.29 is 14.2 Å². The molecule has 1 saturated carbocycles. The first-order valence-corrected chi connectivity index (χ1v) is 10.5. The van der Waals surface area contributed by atoms with Crippen LogP contribution in [-0.4, -0.2) is 41.8 Å². The van der Waals surface area contributed by atoms with Crippen molar-refractivity contribution in [1.82, 2.24) is 14.8 Å². The molecule has 6 nitrogen and oxygen atoms in total. The van der Waals surface area contributed by atoms with Crippen molar-refractivity contribution in [2.24, 2.45) is 0 Å². The van der Waals surface area contributed by atoms with Crippen molar-refractivity contribution in [2.75, 3.05) is 27.1 Å². The summed E-state index contributed by atoms with van der Waals surface area (Å²) in [7, 11) is 4.85. The summed E-state index contributed by atoms with van der Waals surface area (Å²) in [6.07, 6.45) is 6.04. The monoisotopic (exact) mass is 401 g/mol. The molecule has 7 heteroatoms. The van der Waals surface area contributed by atoms with Gasteiger partial charge in [0, 0.05) is 11.6 Å². The van der Waals surface area contributed by atoms with Crippen LogP contribution in [0.4, 0.5) is 0 Å². The summed E-state index contributed by atoms with van der Waals surface area (Å²) in [6.45, 7) is 1.85. The predicted molar refractivity (Wildman–Crippen MR) is 111 cm³/mol. The molecule has 0 radical (unpaired) electrons. The van der Waals surface area contributed by atoms with E-state index in [2.05, 4.69) is 26.6 Å². The van der Waals surface area contributed by atoms with Gasteiger partial charge in [0.15, 0.2) is 22.5 Å². The Bertz CT molecular complexity index is 839. The molecule has 1 aliphatic carbocycles. The highest BCUT2D eigenvalue weighted by Crippen LogP contribution is 2.42. The van der Waals surface area contributed by atoms with Crippen molar-refractivity contribution in [3.8, 4) is 40.5 Å². The topological polar surface area (TPSA) is 58.4 Å². The Morgan fingerprint density at radius 3 is 2.29 bits per heavy atom. The van der Waals surface area contributed by atoms with Gasteiger partial charge in [0.05, 0.1) is 27.1 Å². The molecule has 0 spiro atoms. The zero-order chi connectivity index (χ0) is 19.9. The molecular formula is C21H27N3O3S. The van der Waals surface area contributed by atoms with E-state index in [0.29, 0.717) is 29.0 Å². The van der Waals surface area contributed by atoms with E-state index >= 15 is 0 Å². The van der Waals surface area contributed by atoms with E-state index in [4.69, 9.17) is 14.2 Å². The lowest BCUT2D eigenvalue weighted by Gasteiger charge is -2.25. The zero-order valence-electron chi connectivity index (χ0n) is 16.9. The Labute approximate surface area is 171 Å². The van der Waals surface area contributed by atoms with Gasteiger partial charge in [-0.1, -0.05) is 36.9 Å². The molecule has 0 bridgehead atoms. The Hall–Kier alpha value is -2.33. The predicted octanol–water partition coefficient (Wildman–Crippen LogP) is 4.59. The molecule has 3 rings (SSSR count).